The number of nitrogens with zero attached hydrogens (tertiary/aromatic N) is 2. The summed E-state index contributed by atoms with van der Waals surface area (Å²) in [4.78, 5) is 39.0. The lowest BCUT2D eigenvalue weighted by Gasteiger charge is -2.37. The maximum atomic E-state index is 12.8. The maximum absolute atomic E-state index is 12.8. The highest BCUT2D eigenvalue weighted by atomic mass is 16.5. The molecule has 2 aliphatic rings. The fourth-order valence-corrected chi connectivity index (χ4v) is 3.30. The van der Waals surface area contributed by atoms with Crippen molar-refractivity contribution in [1.82, 2.24) is 9.80 Å². The molecule has 7 nitrogen and oxygen atoms in total. The van der Waals surface area contributed by atoms with Gasteiger partial charge in [0, 0.05) is 19.7 Å². The van der Waals surface area contributed by atoms with Gasteiger partial charge in [-0.2, -0.15) is 0 Å². The highest BCUT2D eigenvalue weighted by Gasteiger charge is 2.36. The molecule has 0 bridgehead atoms. The van der Waals surface area contributed by atoms with Crippen molar-refractivity contribution in [3.05, 3.63) is 41.6 Å². The van der Waals surface area contributed by atoms with E-state index in [2.05, 4.69) is 0 Å². The summed E-state index contributed by atoms with van der Waals surface area (Å²) in [5, 5.41) is 9.31. The summed E-state index contributed by atoms with van der Waals surface area (Å²) in [6, 6.07) is 6.15. The minimum absolute atomic E-state index is 0.0152. The number of hydrogen-bond acceptors (Lipinski definition) is 4. The number of amides is 2. The number of aliphatic carboxylic acids is 1. The smallest absolute Gasteiger partial charge is 0.328 e. The van der Waals surface area contributed by atoms with E-state index in [9.17, 15) is 19.5 Å². The lowest BCUT2D eigenvalue weighted by Crippen LogP contribution is -2.53. The lowest BCUT2D eigenvalue weighted by molar-refractivity contribution is -0.159. The molecule has 1 aromatic rings. The van der Waals surface area contributed by atoms with Crippen LogP contribution in [0.15, 0.2) is 30.5 Å². The molecule has 3 rings (SSSR count). The first-order chi connectivity index (χ1) is 12.0. The van der Waals surface area contributed by atoms with Crippen LogP contribution in [-0.4, -0.2) is 58.5 Å². The minimum Gasteiger partial charge on any atom is -0.480 e. The molecule has 1 N–H and O–H groups in total. The lowest BCUT2D eigenvalue weighted by atomic mass is 9.93. The zero-order chi connectivity index (χ0) is 18.0. The van der Waals surface area contributed by atoms with Crippen LogP contribution in [-0.2, 0) is 19.1 Å². The van der Waals surface area contributed by atoms with E-state index in [0.717, 1.165) is 11.1 Å². The number of carboxylic acid groups (broad SMARTS) is 1. The number of fused-ring (bicyclic) bond motifs is 1. The van der Waals surface area contributed by atoms with Crippen LogP contribution < -0.4 is 0 Å². The third-order valence-electron chi connectivity index (χ3n) is 4.57. The number of carbonyl (C=O) groups excluding carboxylic acids is 2. The van der Waals surface area contributed by atoms with E-state index in [4.69, 9.17) is 4.74 Å². The van der Waals surface area contributed by atoms with Crippen molar-refractivity contribution in [3.63, 3.8) is 0 Å². The Morgan fingerprint density at radius 2 is 2.04 bits per heavy atom. The summed E-state index contributed by atoms with van der Waals surface area (Å²) in [5.41, 5.74) is 1.84. The van der Waals surface area contributed by atoms with E-state index in [0.29, 0.717) is 6.61 Å². The van der Waals surface area contributed by atoms with Crippen molar-refractivity contribution in [3.8, 4) is 0 Å². The maximum Gasteiger partial charge on any atom is 0.328 e. The van der Waals surface area contributed by atoms with Gasteiger partial charge in [0.05, 0.1) is 25.7 Å². The van der Waals surface area contributed by atoms with E-state index in [1.54, 1.807) is 6.20 Å². The second-order valence-electron chi connectivity index (χ2n) is 6.11. The SMILES string of the molecule is CC(=O)N1C=Cc2ccccc2[C@@H]1CC(=O)N1CCOC[C@@H]1C(=O)O. The molecular weight excluding hydrogens is 324 g/mol. The van der Waals surface area contributed by atoms with E-state index in [1.165, 1.54) is 16.7 Å². The molecule has 132 valence electrons. The van der Waals surface area contributed by atoms with Crippen molar-refractivity contribution in [2.24, 2.45) is 0 Å². The number of carbonyl (C=O) groups is 3. The average molecular weight is 344 g/mol. The third kappa shape index (κ3) is 3.41. The van der Waals surface area contributed by atoms with Gasteiger partial charge >= 0.3 is 5.97 Å². The first-order valence-corrected chi connectivity index (χ1v) is 8.15. The summed E-state index contributed by atoms with van der Waals surface area (Å²) in [5.74, 6) is -1.54. The molecule has 7 heteroatoms. The van der Waals surface area contributed by atoms with Crippen LogP contribution in [0.2, 0.25) is 0 Å². The summed E-state index contributed by atoms with van der Waals surface area (Å²) < 4.78 is 5.18. The molecule has 0 aliphatic carbocycles. The Morgan fingerprint density at radius 3 is 2.76 bits per heavy atom. The molecule has 2 amide bonds. The first kappa shape index (κ1) is 17.2. The molecule has 0 saturated carbocycles. The zero-order valence-electron chi connectivity index (χ0n) is 13.9. The van der Waals surface area contributed by atoms with Crippen LogP contribution in [0.5, 0.6) is 0 Å². The Morgan fingerprint density at radius 1 is 1.28 bits per heavy atom. The Labute approximate surface area is 145 Å². The molecular formula is C18H20N2O5. The molecule has 1 fully saturated rings. The van der Waals surface area contributed by atoms with Crippen molar-refractivity contribution in [1.29, 1.82) is 0 Å². The molecule has 2 heterocycles. The number of ether oxygens (including phenoxy) is 1. The number of carboxylic acids is 1. The second-order valence-corrected chi connectivity index (χ2v) is 6.11. The van der Waals surface area contributed by atoms with Crippen molar-refractivity contribution < 1.29 is 24.2 Å². The molecule has 2 aliphatic heterocycles. The van der Waals surface area contributed by atoms with Crippen molar-refractivity contribution in [2.45, 2.75) is 25.4 Å². The zero-order valence-corrected chi connectivity index (χ0v) is 13.9. The Bertz CT molecular complexity index is 730. The Hall–Kier alpha value is -2.67. The van der Waals surface area contributed by atoms with Crippen LogP contribution in [0.25, 0.3) is 6.08 Å². The van der Waals surface area contributed by atoms with Gasteiger partial charge in [-0.3, -0.25) is 9.59 Å². The summed E-state index contributed by atoms with van der Waals surface area (Å²) in [7, 11) is 0. The molecule has 1 saturated heterocycles. The third-order valence-corrected chi connectivity index (χ3v) is 4.57. The van der Waals surface area contributed by atoms with Crippen LogP contribution in [0, 0.1) is 0 Å². The molecule has 1 aromatic carbocycles. The number of rotatable bonds is 3. The Kier molecular flexibility index (Phi) is 4.85. The summed E-state index contributed by atoms with van der Waals surface area (Å²) in [6.07, 6.45) is 3.55. The molecule has 0 spiro atoms. The van der Waals surface area contributed by atoms with Crippen molar-refractivity contribution >= 4 is 23.9 Å². The molecule has 0 unspecified atom stereocenters. The Balaban J connectivity index is 1.86. The largest absolute Gasteiger partial charge is 0.480 e. The fourth-order valence-electron chi connectivity index (χ4n) is 3.30. The van der Waals surface area contributed by atoms with Crippen LogP contribution in [0.1, 0.15) is 30.5 Å². The fraction of sp³-hybridized carbons (Fsp3) is 0.389. The van der Waals surface area contributed by atoms with Gasteiger partial charge in [-0.15, -0.1) is 0 Å². The average Bonchev–Trinajstić information content (AvgIpc) is 2.61. The van der Waals surface area contributed by atoms with E-state index in [-0.39, 0.29) is 31.4 Å². The molecule has 0 aromatic heterocycles. The van der Waals surface area contributed by atoms with Gasteiger partial charge in [-0.25, -0.2) is 4.79 Å². The van der Waals surface area contributed by atoms with Crippen molar-refractivity contribution in [2.75, 3.05) is 19.8 Å². The topological polar surface area (TPSA) is 87.2 Å². The predicted octanol–water partition coefficient (Wildman–Crippen LogP) is 1.26. The number of benzene rings is 1. The van der Waals surface area contributed by atoms with Gasteiger partial charge < -0.3 is 19.6 Å². The minimum atomic E-state index is -1.08. The van der Waals surface area contributed by atoms with Crippen LogP contribution >= 0.6 is 0 Å². The summed E-state index contributed by atoms with van der Waals surface area (Å²) in [6.45, 7) is 1.98. The highest BCUT2D eigenvalue weighted by Crippen LogP contribution is 2.33. The molecule has 2 atom stereocenters. The monoisotopic (exact) mass is 344 g/mol. The standard InChI is InChI=1S/C18H20N2O5/c1-12(21)19-7-6-13-4-2-3-5-14(13)15(19)10-17(22)20-8-9-25-11-16(20)18(23)24/h2-7,15-16H,8-11H2,1H3,(H,23,24)/t15-,16+/m0/s1. The van der Waals surface area contributed by atoms with Gasteiger partial charge in [0.1, 0.15) is 0 Å². The second kappa shape index (κ2) is 7.06. The van der Waals surface area contributed by atoms with E-state index >= 15 is 0 Å². The summed E-state index contributed by atoms with van der Waals surface area (Å²) >= 11 is 0. The van der Waals surface area contributed by atoms with E-state index in [1.807, 2.05) is 30.3 Å². The van der Waals surface area contributed by atoms with Crippen LogP contribution in [0.3, 0.4) is 0 Å². The quantitative estimate of drug-likeness (QED) is 0.892. The van der Waals surface area contributed by atoms with Gasteiger partial charge in [-0.1, -0.05) is 24.3 Å². The van der Waals surface area contributed by atoms with E-state index < -0.39 is 18.1 Å². The molecule has 0 radical (unpaired) electrons. The normalized spacial score (nSPS) is 22.4. The molecule has 25 heavy (non-hydrogen) atoms. The van der Waals surface area contributed by atoms with Gasteiger partial charge in [-0.05, 0) is 17.2 Å². The van der Waals surface area contributed by atoms with Crippen LogP contribution in [0.4, 0.5) is 0 Å². The predicted molar refractivity (Wildman–Crippen MR) is 89.3 cm³/mol. The number of morpholine rings is 1. The van der Waals surface area contributed by atoms with Gasteiger partial charge in [0.15, 0.2) is 6.04 Å². The van der Waals surface area contributed by atoms with Gasteiger partial charge in [0.25, 0.3) is 0 Å². The number of hydrogen-bond donors (Lipinski definition) is 1. The van der Waals surface area contributed by atoms with Gasteiger partial charge in [0.2, 0.25) is 11.8 Å². The highest BCUT2D eigenvalue weighted by molar-refractivity contribution is 5.86. The first-order valence-electron chi connectivity index (χ1n) is 8.15.